The van der Waals surface area contributed by atoms with Gasteiger partial charge in [0, 0.05) is 25.7 Å². The summed E-state index contributed by atoms with van der Waals surface area (Å²) in [5.41, 5.74) is 0.853. The smallest absolute Gasteiger partial charge is 0.188 e. The molecule has 17 heavy (non-hydrogen) atoms. The highest BCUT2D eigenvalue weighted by Gasteiger charge is 2.06. The maximum Gasteiger partial charge on any atom is 0.188 e. The highest BCUT2D eigenvalue weighted by atomic mass is 16.5. The zero-order valence-electron chi connectivity index (χ0n) is 10.1. The van der Waals surface area contributed by atoms with Gasteiger partial charge in [-0.3, -0.25) is 4.79 Å². The van der Waals surface area contributed by atoms with Gasteiger partial charge in [-0.1, -0.05) is 0 Å². The lowest BCUT2D eigenvalue weighted by molar-refractivity contribution is 0.104. The second kappa shape index (κ2) is 5.71. The molecule has 0 saturated carbocycles. The maximum atomic E-state index is 11.8. The van der Waals surface area contributed by atoms with Crippen LogP contribution in [0.2, 0.25) is 0 Å². The Morgan fingerprint density at radius 1 is 1.35 bits per heavy atom. The van der Waals surface area contributed by atoms with Crippen LogP contribution in [0.3, 0.4) is 0 Å². The molecule has 0 unspecified atom stereocenters. The van der Waals surface area contributed by atoms with Gasteiger partial charge in [0.25, 0.3) is 0 Å². The van der Waals surface area contributed by atoms with E-state index in [0.717, 1.165) is 0 Å². The molecular formula is C13H14N2O2. The van der Waals surface area contributed by atoms with Gasteiger partial charge in [-0.2, -0.15) is 5.26 Å². The quantitative estimate of drug-likeness (QED) is 0.450. The fourth-order valence-corrected chi connectivity index (χ4v) is 1.22. The number of hydrogen-bond acceptors (Lipinski definition) is 4. The number of ketones is 1. The Balaban J connectivity index is 2.93. The van der Waals surface area contributed by atoms with Crippen molar-refractivity contribution in [2.24, 2.45) is 0 Å². The summed E-state index contributed by atoms with van der Waals surface area (Å²) in [4.78, 5) is 13.4. The lowest BCUT2D eigenvalue weighted by Gasteiger charge is -2.09. The molecule has 0 radical (unpaired) electrons. The van der Waals surface area contributed by atoms with E-state index in [0.29, 0.717) is 17.0 Å². The number of hydrogen-bond donors (Lipinski definition) is 0. The summed E-state index contributed by atoms with van der Waals surface area (Å²) in [6.07, 6.45) is 1.32. The molecule has 0 heterocycles. The van der Waals surface area contributed by atoms with Gasteiger partial charge >= 0.3 is 0 Å². The number of nitrogens with zero attached hydrogens (tertiary/aromatic N) is 2. The fourth-order valence-electron chi connectivity index (χ4n) is 1.22. The van der Waals surface area contributed by atoms with E-state index in [1.165, 1.54) is 6.08 Å². The zero-order chi connectivity index (χ0) is 12.8. The molecule has 0 atom stereocenters. The van der Waals surface area contributed by atoms with Crippen molar-refractivity contribution < 1.29 is 9.53 Å². The molecule has 0 saturated heterocycles. The summed E-state index contributed by atoms with van der Waals surface area (Å²) in [6, 6.07) is 8.73. The minimum absolute atomic E-state index is 0.196. The Morgan fingerprint density at radius 3 is 2.35 bits per heavy atom. The second-order valence-electron chi connectivity index (χ2n) is 3.63. The number of ether oxygens (including phenoxy) is 1. The molecule has 1 rings (SSSR count). The van der Waals surface area contributed by atoms with Crippen molar-refractivity contribution in [2.75, 3.05) is 21.2 Å². The van der Waals surface area contributed by atoms with E-state index in [2.05, 4.69) is 0 Å². The summed E-state index contributed by atoms with van der Waals surface area (Å²) in [7, 11) is 5.00. The van der Waals surface area contributed by atoms with Crippen LogP contribution in [0.25, 0.3) is 0 Å². The zero-order valence-corrected chi connectivity index (χ0v) is 10.1. The molecule has 0 aliphatic rings. The molecule has 1 aromatic rings. The van der Waals surface area contributed by atoms with E-state index < -0.39 is 0 Å². The van der Waals surface area contributed by atoms with Crippen molar-refractivity contribution in [3.63, 3.8) is 0 Å². The predicted molar refractivity (Wildman–Crippen MR) is 64.7 cm³/mol. The van der Waals surface area contributed by atoms with Crippen molar-refractivity contribution in [2.45, 2.75) is 0 Å². The van der Waals surface area contributed by atoms with Gasteiger partial charge in [-0.15, -0.1) is 0 Å². The summed E-state index contributed by atoms with van der Waals surface area (Å²) in [5, 5.41) is 8.84. The topological polar surface area (TPSA) is 53.3 Å². The van der Waals surface area contributed by atoms with E-state index in [4.69, 9.17) is 10.00 Å². The van der Waals surface area contributed by atoms with Gasteiger partial charge in [-0.05, 0) is 24.3 Å². The molecule has 0 aliphatic heterocycles. The second-order valence-corrected chi connectivity index (χ2v) is 3.63. The third kappa shape index (κ3) is 3.35. The Kier molecular flexibility index (Phi) is 4.29. The minimum atomic E-state index is -0.196. The van der Waals surface area contributed by atoms with Crippen LogP contribution in [0, 0.1) is 11.3 Å². The number of allylic oxidation sites excluding steroid dienone is 2. The number of nitriles is 1. The lowest BCUT2D eigenvalue weighted by atomic mass is 10.1. The van der Waals surface area contributed by atoms with Crippen LogP contribution < -0.4 is 4.74 Å². The Bertz CT molecular complexity index is 467. The number of rotatable bonds is 4. The normalized spacial score (nSPS) is 10.6. The van der Waals surface area contributed by atoms with Gasteiger partial charge in [0.2, 0.25) is 0 Å². The van der Waals surface area contributed by atoms with E-state index in [-0.39, 0.29) is 5.78 Å². The first-order chi connectivity index (χ1) is 8.08. The van der Waals surface area contributed by atoms with Crippen molar-refractivity contribution in [1.82, 2.24) is 4.90 Å². The van der Waals surface area contributed by atoms with Crippen LogP contribution in [0.1, 0.15) is 10.4 Å². The van der Waals surface area contributed by atoms with E-state index in [1.54, 1.807) is 50.4 Å². The third-order valence-electron chi connectivity index (χ3n) is 2.24. The summed E-state index contributed by atoms with van der Waals surface area (Å²) < 4.78 is 5.00. The summed E-state index contributed by atoms with van der Waals surface area (Å²) in [6.45, 7) is 0. The Hall–Kier alpha value is -2.28. The van der Waals surface area contributed by atoms with Gasteiger partial charge in [0.15, 0.2) is 5.78 Å². The largest absolute Gasteiger partial charge is 0.497 e. The van der Waals surface area contributed by atoms with Crippen LogP contribution in [-0.2, 0) is 0 Å². The average Bonchev–Trinajstić information content (AvgIpc) is 2.35. The average molecular weight is 230 g/mol. The van der Waals surface area contributed by atoms with E-state index >= 15 is 0 Å². The molecule has 0 spiro atoms. The molecular weight excluding hydrogens is 216 g/mol. The van der Waals surface area contributed by atoms with Crippen molar-refractivity contribution in [3.05, 3.63) is 41.6 Å². The van der Waals surface area contributed by atoms with Gasteiger partial charge in [-0.25, -0.2) is 0 Å². The molecule has 4 heteroatoms. The molecule has 0 fully saturated rings. The van der Waals surface area contributed by atoms with Crippen LogP contribution in [0.15, 0.2) is 36.0 Å². The van der Waals surface area contributed by atoms with Crippen LogP contribution in [-0.4, -0.2) is 31.9 Å². The van der Waals surface area contributed by atoms with E-state index in [9.17, 15) is 4.79 Å². The Labute approximate surface area is 101 Å². The highest BCUT2D eigenvalue weighted by Crippen LogP contribution is 2.12. The minimum Gasteiger partial charge on any atom is -0.497 e. The summed E-state index contributed by atoms with van der Waals surface area (Å²) >= 11 is 0. The lowest BCUT2D eigenvalue weighted by Crippen LogP contribution is -2.11. The number of benzene rings is 1. The fraction of sp³-hybridized carbons (Fsp3) is 0.231. The van der Waals surface area contributed by atoms with Gasteiger partial charge in [0.05, 0.1) is 7.11 Å². The van der Waals surface area contributed by atoms with Crippen LogP contribution in [0.4, 0.5) is 0 Å². The predicted octanol–water partition coefficient (Wildman–Crippen LogP) is 1.85. The molecule has 0 aromatic heterocycles. The number of carbonyl (C=O) groups is 1. The van der Waals surface area contributed by atoms with Gasteiger partial charge < -0.3 is 9.64 Å². The molecule has 0 bridgehead atoms. The van der Waals surface area contributed by atoms with Crippen molar-refractivity contribution in [1.29, 1.82) is 5.26 Å². The Morgan fingerprint density at radius 2 is 1.94 bits per heavy atom. The molecule has 0 N–H and O–H groups in total. The summed E-state index contributed by atoms with van der Waals surface area (Å²) in [5.74, 6) is 0.497. The first kappa shape index (κ1) is 12.8. The number of carbonyl (C=O) groups excluding carboxylic acids is 1. The van der Waals surface area contributed by atoms with Gasteiger partial charge in [0.1, 0.15) is 17.5 Å². The standard InChI is InChI=1S/C13H14N2O2/c1-15(2)11(9-14)8-13(16)10-4-6-12(17-3)7-5-10/h4-8H,1-3H3. The maximum absolute atomic E-state index is 11.8. The first-order valence-electron chi connectivity index (χ1n) is 5.06. The molecule has 1 aromatic carbocycles. The third-order valence-corrected chi connectivity index (χ3v) is 2.24. The first-order valence-corrected chi connectivity index (χ1v) is 5.06. The van der Waals surface area contributed by atoms with Crippen molar-refractivity contribution >= 4 is 5.78 Å². The molecule has 88 valence electrons. The molecule has 0 aliphatic carbocycles. The highest BCUT2D eigenvalue weighted by molar-refractivity contribution is 6.05. The SMILES string of the molecule is COc1ccc(C(=O)C=C(C#N)N(C)C)cc1. The number of methoxy groups -OCH3 is 1. The van der Waals surface area contributed by atoms with Crippen molar-refractivity contribution in [3.8, 4) is 11.8 Å². The molecule has 0 amide bonds. The van der Waals surface area contributed by atoms with E-state index in [1.807, 2.05) is 6.07 Å². The van der Waals surface area contributed by atoms with Crippen LogP contribution >= 0.6 is 0 Å². The van der Waals surface area contributed by atoms with Crippen LogP contribution in [0.5, 0.6) is 5.75 Å². The molecule has 4 nitrogen and oxygen atoms in total. The monoisotopic (exact) mass is 230 g/mol.